The number of carbonyl (C=O) groups excluding carboxylic acids is 1. The summed E-state index contributed by atoms with van der Waals surface area (Å²) in [6.07, 6.45) is 2.53. The number of carbonyl (C=O) groups is 1. The highest BCUT2D eigenvalue weighted by atomic mass is 16.3. The summed E-state index contributed by atoms with van der Waals surface area (Å²) in [5, 5.41) is 18.4. The summed E-state index contributed by atoms with van der Waals surface area (Å²) >= 11 is 0. The molecule has 0 aromatic heterocycles. The van der Waals surface area contributed by atoms with E-state index >= 15 is 0 Å². The first-order valence-corrected chi connectivity index (χ1v) is 9.89. The van der Waals surface area contributed by atoms with E-state index in [1.165, 1.54) is 0 Å². The van der Waals surface area contributed by atoms with Crippen LogP contribution in [0.4, 0.5) is 0 Å². The van der Waals surface area contributed by atoms with E-state index in [1.807, 2.05) is 60.7 Å². The van der Waals surface area contributed by atoms with Gasteiger partial charge in [-0.1, -0.05) is 74.5 Å². The van der Waals surface area contributed by atoms with Gasteiger partial charge in [-0.2, -0.15) is 0 Å². The maximum absolute atomic E-state index is 12.9. The highest BCUT2D eigenvalue weighted by molar-refractivity contribution is 5.82. The van der Waals surface area contributed by atoms with E-state index in [0.29, 0.717) is 12.3 Å². The fraction of sp³-hybridized carbons (Fsp3) is 0.435. The molecule has 1 aliphatic rings. The van der Waals surface area contributed by atoms with Crippen molar-refractivity contribution in [2.45, 2.75) is 50.8 Å². The summed E-state index contributed by atoms with van der Waals surface area (Å²) < 4.78 is 0. The zero-order valence-electron chi connectivity index (χ0n) is 16.2. The molecule has 1 heterocycles. The molecule has 0 bridgehead atoms. The lowest BCUT2D eigenvalue weighted by molar-refractivity contribution is -0.125. The van der Waals surface area contributed by atoms with Crippen molar-refractivity contribution < 1.29 is 9.90 Å². The van der Waals surface area contributed by atoms with Gasteiger partial charge in [0.25, 0.3) is 0 Å². The van der Waals surface area contributed by atoms with Crippen molar-refractivity contribution >= 4 is 5.91 Å². The Morgan fingerprint density at radius 3 is 2.11 bits per heavy atom. The van der Waals surface area contributed by atoms with Crippen molar-refractivity contribution in [3.8, 4) is 0 Å². The van der Waals surface area contributed by atoms with Gasteiger partial charge in [-0.15, -0.1) is 0 Å². The lowest BCUT2D eigenvalue weighted by Crippen LogP contribution is -2.55. The highest BCUT2D eigenvalue weighted by Gasteiger charge is 2.42. The number of nitrogens with one attached hydrogen (secondary N) is 2. The van der Waals surface area contributed by atoms with E-state index in [-0.39, 0.29) is 11.9 Å². The molecule has 4 nitrogen and oxygen atoms in total. The van der Waals surface area contributed by atoms with Crippen molar-refractivity contribution in [2.75, 3.05) is 6.54 Å². The second-order valence-corrected chi connectivity index (χ2v) is 7.84. The molecule has 1 amide bonds. The van der Waals surface area contributed by atoms with Gasteiger partial charge in [0.15, 0.2) is 0 Å². The van der Waals surface area contributed by atoms with E-state index in [0.717, 1.165) is 30.5 Å². The van der Waals surface area contributed by atoms with Crippen LogP contribution in [-0.2, 0) is 10.4 Å². The quantitative estimate of drug-likeness (QED) is 0.705. The number of benzene rings is 2. The maximum atomic E-state index is 12.9. The van der Waals surface area contributed by atoms with Crippen molar-refractivity contribution in [3.63, 3.8) is 0 Å². The normalized spacial score (nSPS) is 18.4. The van der Waals surface area contributed by atoms with Gasteiger partial charge in [-0.25, -0.2) is 0 Å². The van der Waals surface area contributed by atoms with Gasteiger partial charge in [0, 0.05) is 0 Å². The molecule has 1 aliphatic heterocycles. The summed E-state index contributed by atoms with van der Waals surface area (Å²) in [7, 11) is 0. The summed E-state index contributed by atoms with van der Waals surface area (Å²) in [5.74, 6) is 0.300. The Morgan fingerprint density at radius 1 is 1.11 bits per heavy atom. The Labute approximate surface area is 162 Å². The van der Waals surface area contributed by atoms with Crippen molar-refractivity contribution in [1.82, 2.24) is 10.6 Å². The zero-order chi connectivity index (χ0) is 19.3. The monoisotopic (exact) mass is 366 g/mol. The largest absolute Gasteiger partial charge is 0.378 e. The second-order valence-electron chi connectivity index (χ2n) is 7.84. The van der Waals surface area contributed by atoms with Crippen LogP contribution in [0.15, 0.2) is 60.7 Å². The minimum Gasteiger partial charge on any atom is -0.378 e. The Balaban J connectivity index is 2.01. The minimum absolute atomic E-state index is 0.0246. The van der Waals surface area contributed by atoms with Crippen molar-refractivity contribution in [1.29, 1.82) is 0 Å². The predicted octanol–water partition coefficient (Wildman–Crippen LogP) is 3.21. The molecule has 0 aliphatic carbocycles. The molecule has 1 saturated heterocycles. The third-order valence-electron chi connectivity index (χ3n) is 5.33. The highest BCUT2D eigenvalue weighted by Crippen LogP contribution is 2.35. The van der Waals surface area contributed by atoms with Crippen LogP contribution in [0, 0.1) is 5.92 Å². The fourth-order valence-corrected chi connectivity index (χ4v) is 3.94. The summed E-state index contributed by atoms with van der Waals surface area (Å²) in [5.41, 5.74) is 0.296. The number of amides is 1. The molecule has 2 aromatic rings. The summed E-state index contributed by atoms with van der Waals surface area (Å²) in [6.45, 7) is 5.10. The minimum atomic E-state index is -1.29. The van der Waals surface area contributed by atoms with Gasteiger partial charge in [0.1, 0.15) is 5.60 Å². The standard InChI is InChI=1S/C23H30N2O2/c1-17(2)16-21(25-22(26)20-14-9-15-24-20)23(27,18-10-5-3-6-11-18)19-12-7-4-8-13-19/h3-8,10-13,17,20-21,24,27H,9,14-16H2,1-2H3,(H,25,26)/t20-,21-/m0/s1. The molecule has 4 heteroatoms. The molecule has 0 saturated carbocycles. The molecular formula is C23H30N2O2. The third kappa shape index (κ3) is 4.40. The van der Waals surface area contributed by atoms with Gasteiger partial charge in [-0.3, -0.25) is 4.79 Å². The second kappa shape index (κ2) is 8.68. The average molecular weight is 367 g/mol. The van der Waals surface area contributed by atoms with Crippen molar-refractivity contribution in [3.05, 3.63) is 71.8 Å². The molecule has 3 N–H and O–H groups in total. The van der Waals surface area contributed by atoms with Gasteiger partial charge in [0.2, 0.25) is 5.91 Å². The third-order valence-corrected chi connectivity index (χ3v) is 5.33. The van der Waals surface area contributed by atoms with Crippen LogP contribution in [-0.4, -0.2) is 29.6 Å². The fourth-order valence-electron chi connectivity index (χ4n) is 3.94. The molecule has 2 atom stereocenters. The number of rotatable bonds is 7. The number of hydrogen-bond donors (Lipinski definition) is 3. The van der Waals surface area contributed by atoms with Crippen molar-refractivity contribution in [2.24, 2.45) is 5.92 Å². The SMILES string of the molecule is CC(C)C[C@H](NC(=O)[C@@H]1CCCN1)C(O)(c1ccccc1)c1ccccc1. The zero-order valence-corrected chi connectivity index (χ0v) is 16.2. The molecule has 0 unspecified atom stereocenters. The molecule has 1 fully saturated rings. The Bertz CT molecular complexity index is 685. The summed E-state index contributed by atoms with van der Waals surface area (Å²) in [6, 6.07) is 18.7. The predicted molar refractivity (Wildman–Crippen MR) is 108 cm³/mol. The van der Waals surface area contributed by atoms with E-state index in [4.69, 9.17) is 0 Å². The lowest BCUT2D eigenvalue weighted by Gasteiger charge is -2.39. The molecule has 0 radical (unpaired) electrons. The molecule has 0 spiro atoms. The Kier molecular flexibility index (Phi) is 6.30. The van der Waals surface area contributed by atoms with E-state index in [2.05, 4.69) is 24.5 Å². The first kappa shape index (κ1) is 19.6. The van der Waals surface area contributed by atoms with Crippen LogP contribution in [0.5, 0.6) is 0 Å². The van der Waals surface area contributed by atoms with E-state index in [9.17, 15) is 9.90 Å². The lowest BCUT2D eigenvalue weighted by atomic mass is 9.77. The number of hydrogen-bond acceptors (Lipinski definition) is 3. The van der Waals surface area contributed by atoms with Crippen LogP contribution in [0.3, 0.4) is 0 Å². The molecular weight excluding hydrogens is 336 g/mol. The topological polar surface area (TPSA) is 61.4 Å². The molecule has 144 valence electrons. The van der Waals surface area contributed by atoms with Crippen LogP contribution in [0.2, 0.25) is 0 Å². The van der Waals surface area contributed by atoms with E-state index < -0.39 is 11.6 Å². The van der Waals surface area contributed by atoms with Gasteiger partial charge in [-0.05, 0) is 42.9 Å². The van der Waals surface area contributed by atoms with E-state index in [1.54, 1.807) is 0 Å². The molecule has 3 rings (SSSR count). The van der Waals surface area contributed by atoms with Crippen LogP contribution in [0.1, 0.15) is 44.2 Å². The Hall–Kier alpha value is -2.17. The smallest absolute Gasteiger partial charge is 0.237 e. The van der Waals surface area contributed by atoms with Gasteiger partial charge < -0.3 is 15.7 Å². The average Bonchev–Trinajstić information content (AvgIpc) is 3.23. The Morgan fingerprint density at radius 2 is 1.67 bits per heavy atom. The van der Waals surface area contributed by atoms with Crippen LogP contribution >= 0.6 is 0 Å². The first-order chi connectivity index (χ1) is 13.0. The van der Waals surface area contributed by atoms with Gasteiger partial charge >= 0.3 is 0 Å². The number of aliphatic hydroxyl groups is 1. The molecule has 2 aromatic carbocycles. The van der Waals surface area contributed by atoms with Gasteiger partial charge in [0.05, 0.1) is 12.1 Å². The van der Waals surface area contributed by atoms with Crippen LogP contribution < -0.4 is 10.6 Å². The molecule has 27 heavy (non-hydrogen) atoms. The first-order valence-electron chi connectivity index (χ1n) is 9.89. The maximum Gasteiger partial charge on any atom is 0.237 e. The summed E-state index contributed by atoms with van der Waals surface area (Å²) in [4.78, 5) is 12.9. The van der Waals surface area contributed by atoms with Crippen LogP contribution in [0.25, 0.3) is 0 Å².